The van der Waals surface area contributed by atoms with E-state index in [4.69, 9.17) is 16.8 Å². The Bertz CT molecular complexity index is 1340. The number of aromatic nitrogens is 2. The van der Waals surface area contributed by atoms with E-state index in [1.54, 1.807) is 11.6 Å². The van der Waals surface area contributed by atoms with Crippen molar-refractivity contribution in [1.29, 1.82) is 0 Å². The van der Waals surface area contributed by atoms with Crippen LogP contribution in [-0.2, 0) is 24.2 Å². The first-order valence-corrected chi connectivity index (χ1v) is 11.9. The Kier molecular flexibility index (Phi) is 6.54. The van der Waals surface area contributed by atoms with Crippen molar-refractivity contribution in [3.05, 3.63) is 100.0 Å². The van der Waals surface area contributed by atoms with Crippen LogP contribution in [0.1, 0.15) is 40.4 Å². The number of nitrogens with zero attached hydrogens (tertiary/aromatic N) is 1. The van der Waals surface area contributed by atoms with Crippen LogP contribution in [0.2, 0.25) is 5.02 Å². The number of carbonyl (C=O) groups is 1. The molecule has 4 aromatic rings. The van der Waals surface area contributed by atoms with Crippen LogP contribution < -0.4 is 5.48 Å². The van der Waals surface area contributed by atoms with E-state index in [0.29, 0.717) is 6.04 Å². The maximum absolute atomic E-state index is 11.3. The summed E-state index contributed by atoms with van der Waals surface area (Å²) in [5.74, 6) is -0.536. The summed E-state index contributed by atoms with van der Waals surface area (Å²) >= 11 is 6.18. The molecule has 174 valence electrons. The van der Waals surface area contributed by atoms with Crippen molar-refractivity contribution in [2.75, 3.05) is 6.54 Å². The minimum absolute atomic E-state index is 0.307. The molecule has 1 aliphatic rings. The number of aromatic amines is 2. The molecule has 2 aromatic carbocycles. The van der Waals surface area contributed by atoms with Gasteiger partial charge in [-0.1, -0.05) is 48.0 Å². The molecule has 0 saturated carbocycles. The Balaban J connectivity index is 1.38. The first kappa shape index (κ1) is 22.5. The Morgan fingerprint density at radius 3 is 2.88 bits per heavy atom. The second-order valence-electron chi connectivity index (χ2n) is 8.75. The molecular formula is C27H27ClN4O2. The number of fused-ring (bicyclic) bond motifs is 2. The van der Waals surface area contributed by atoms with Gasteiger partial charge in [-0.2, -0.15) is 0 Å². The molecule has 1 unspecified atom stereocenters. The van der Waals surface area contributed by atoms with Gasteiger partial charge in [0.2, 0.25) is 0 Å². The van der Waals surface area contributed by atoms with Crippen LogP contribution in [0.3, 0.4) is 0 Å². The monoisotopic (exact) mass is 474 g/mol. The average Bonchev–Trinajstić information content (AvgIpc) is 3.58. The lowest BCUT2D eigenvalue weighted by Crippen LogP contribution is -2.29. The molecule has 1 amide bonds. The number of benzene rings is 2. The van der Waals surface area contributed by atoms with Gasteiger partial charge in [-0.3, -0.25) is 14.9 Å². The number of carbonyl (C=O) groups excluding carboxylic acids is 1. The number of hydroxylamine groups is 1. The molecular weight excluding hydrogens is 448 g/mol. The van der Waals surface area contributed by atoms with Crippen LogP contribution in [0.15, 0.2) is 67.0 Å². The Morgan fingerprint density at radius 1 is 1.18 bits per heavy atom. The van der Waals surface area contributed by atoms with E-state index in [2.05, 4.69) is 57.5 Å². The van der Waals surface area contributed by atoms with Crippen LogP contribution in [0, 0.1) is 0 Å². The van der Waals surface area contributed by atoms with Crippen molar-refractivity contribution in [2.24, 2.45) is 0 Å². The number of nitrogens with one attached hydrogen (secondary N) is 3. The van der Waals surface area contributed by atoms with Gasteiger partial charge in [0.25, 0.3) is 5.91 Å². The second-order valence-corrected chi connectivity index (χ2v) is 9.18. The molecule has 0 fully saturated rings. The third kappa shape index (κ3) is 4.80. The third-order valence-electron chi connectivity index (χ3n) is 6.62. The fourth-order valence-electron chi connectivity index (χ4n) is 4.98. The maximum Gasteiger partial charge on any atom is 0.267 e. The number of amides is 1. The zero-order chi connectivity index (χ0) is 23.5. The summed E-state index contributed by atoms with van der Waals surface area (Å²) in [6, 6.07) is 17.1. The highest BCUT2D eigenvalue weighted by molar-refractivity contribution is 6.30. The molecule has 5 rings (SSSR count). The fraction of sp³-hybridized carbons (Fsp3) is 0.222. The summed E-state index contributed by atoms with van der Waals surface area (Å²) in [6.45, 7) is 1.71. The van der Waals surface area contributed by atoms with Gasteiger partial charge in [0.15, 0.2) is 0 Å². The summed E-state index contributed by atoms with van der Waals surface area (Å²) in [6.07, 6.45) is 9.98. The minimum Gasteiger partial charge on any atom is -0.363 e. The van der Waals surface area contributed by atoms with Crippen LogP contribution in [0.5, 0.6) is 0 Å². The SMILES string of the molecule is O=C(/C=C/c1ccc2c(c1)CCC2N(CCc1c[nH]c2ccccc12)Cc1cc(Cl)c[nH]1)NO. The van der Waals surface area contributed by atoms with Crippen molar-refractivity contribution in [1.82, 2.24) is 20.3 Å². The quantitative estimate of drug-likeness (QED) is 0.157. The number of rotatable bonds is 8. The molecule has 6 nitrogen and oxygen atoms in total. The summed E-state index contributed by atoms with van der Waals surface area (Å²) in [4.78, 5) is 20.5. The molecule has 0 radical (unpaired) electrons. The molecule has 34 heavy (non-hydrogen) atoms. The van der Waals surface area contributed by atoms with E-state index in [0.717, 1.165) is 48.6 Å². The Morgan fingerprint density at radius 2 is 2.06 bits per heavy atom. The third-order valence-corrected chi connectivity index (χ3v) is 6.83. The molecule has 0 aliphatic heterocycles. The lowest BCUT2D eigenvalue weighted by molar-refractivity contribution is -0.124. The van der Waals surface area contributed by atoms with Crippen molar-refractivity contribution in [2.45, 2.75) is 31.8 Å². The van der Waals surface area contributed by atoms with Gasteiger partial charge < -0.3 is 9.97 Å². The highest BCUT2D eigenvalue weighted by Crippen LogP contribution is 2.37. The predicted octanol–water partition coefficient (Wildman–Crippen LogP) is 5.40. The number of para-hydroxylation sites is 1. The van der Waals surface area contributed by atoms with Gasteiger partial charge in [-0.15, -0.1) is 0 Å². The summed E-state index contributed by atoms with van der Waals surface area (Å²) < 4.78 is 0. The first-order chi connectivity index (χ1) is 16.6. The van der Waals surface area contributed by atoms with E-state index in [-0.39, 0.29) is 0 Å². The Hall–Kier alpha value is -3.32. The van der Waals surface area contributed by atoms with Gasteiger partial charge in [-0.05, 0) is 59.7 Å². The van der Waals surface area contributed by atoms with Gasteiger partial charge in [0.05, 0.1) is 5.02 Å². The molecule has 2 aromatic heterocycles. The molecule has 4 N–H and O–H groups in total. The van der Waals surface area contributed by atoms with Crippen molar-refractivity contribution >= 4 is 34.5 Å². The van der Waals surface area contributed by atoms with Gasteiger partial charge in [0, 0.05) is 54.2 Å². The number of hydrogen-bond donors (Lipinski definition) is 4. The van der Waals surface area contributed by atoms with E-state index >= 15 is 0 Å². The topological polar surface area (TPSA) is 84.2 Å². The van der Waals surface area contributed by atoms with Gasteiger partial charge in [-0.25, -0.2) is 5.48 Å². The van der Waals surface area contributed by atoms with E-state index in [1.807, 2.05) is 18.3 Å². The smallest absolute Gasteiger partial charge is 0.267 e. The summed E-state index contributed by atoms with van der Waals surface area (Å²) in [7, 11) is 0. The summed E-state index contributed by atoms with van der Waals surface area (Å²) in [5.41, 5.74) is 8.81. The lowest BCUT2D eigenvalue weighted by atomic mass is 10.0. The number of aryl methyl sites for hydroxylation is 1. The molecule has 0 spiro atoms. The lowest BCUT2D eigenvalue weighted by Gasteiger charge is -2.29. The summed E-state index contributed by atoms with van der Waals surface area (Å²) in [5, 5.41) is 10.7. The Labute approximate surface area is 203 Å². The van der Waals surface area contributed by atoms with E-state index in [1.165, 1.54) is 33.7 Å². The van der Waals surface area contributed by atoms with Crippen LogP contribution in [0.4, 0.5) is 0 Å². The second kappa shape index (κ2) is 9.89. The molecule has 2 heterocycles. The van der Waals surface area contributed by atoms with Crippen molar-refractivity contribution in [3.63, 3.8) is 0 Å². The fourth-order valence-corrected chi connectivity index (χ4v) is 5.16. The minimum atomic E-state index is -0.536. The zero-order valence-electron chi connectivity index (χ0n) is 18.7. The highest BCUT2D eigenvalue weighted by Gasteiger charge is 2.28. The van der Waals surface area contributed by atoms with Gasteiger partial charge in [0.1, 0.15) is 0 Å². The van der Waals surface area contributed by atoms with Gasteiger partial charge >= 0.3 is 0 Å². The average molecular weight is 475 g/mol. The standard InChI is InChI=1S/C27H27ClN4O2/c28-21-14-22(29-16-21)17-32(12-11-20-15-30-25-4-2-1-3-23(20)25)26-9-7-19-13-18(5-8-24(19)26)6-10-27(33)31-34/h1-6,8,10,13-16,26,29-30,34H,7,9,11-12,17H2,(H,31,33)/b10-6+. The zero-order valence-corrected chi connectivity index (χ0v) is 19.5. The van der Waals surface area contributed by atoms with E-state index < -0.39 is 5.91 Å². The number of hydrogen-bond acceptors (Lipinski definition) is 3. The first-order valence-electron chi connectivity index (χ1n) is 11.5. The molecule has 0 saturated heterocycles. The maximum atomic E-state index is 11.3. The van der Waals surface area contributed by atoms with Crippen molar-refractivity contribution < 1.29 is 10.0 Å². The molecule has 7 heteroatoms. The number of halogens is 1. The van der Waals surface area contributed by atoms with Crippen LogP contribution in [0.25, 0.3) is 17.0 Å². The number of H-pyrrole nitrogens is 2. The highest BCUT2D eigenvalue weighted by atomic mass is 35.5. The van der Waals surface area contributed by atoms with Crippen LogP contribution >= 0.6 is 11.6 Å². The molecule has 1 atom stereocenters. The largest absolute Gasteiger partial charge is 0.363 e. The van der Waals surface area contributed by atoms with Crippen LogP contribution in [-0.4, -0.2) is 32.5 Å². The van der Waals surface area contributed by atoms with Crippen molar-refractivity contribution in [3.8, 4) is 0 Å². The normalized spacial score (nSPS) is 15.4. The van der Waals surface area contributed by atoms with E-state index in [9.17, 15) is 4.79 Å². The molecule has 1 aliphatic carbocycles. The predicted molar refractivity (Wildman–Crippen MR) is 135 cm³/mol. The molecule has 0 bridgehead atoms.